The zero-order valence-corrected chi connectivity index (χ0v) is 21.2. The normalized spacial score (nSPS) is 27.1. The fraction of sp³-hybridized carbons (Fsp3) is 0.219. The molecule has 0 unspecified atom stereocenters. The van der Waals surface area contributed by atoms with Gasteiger partial charge in [0.05, 0.1) is 11.5 Å². The molecule has 1 amide bonds. The number of benzene rings is 2. The second-order valence-electron chi connectivity index (χ2n) is 10.1. The molecule has 1 spiro atoms. The minimum absolute atomic E-state index is 0.0764. The number of fused-ring (bicyclic) bond motifs is 3. The third-order valence-corrected chi connectivity index (χ3v) is 8.22. The number of hydrogen-bond acceptors (Lipinski definition) is 6. The lowest BCUT2D eigenvalue weighted by molar-refractivity contribution is -0.126. The molecule has 1 fully saturated rings. The van der Waals surface area contributed by atoms with E-state index in [0.717, 1.165) is 5.56 Å². The van der Waals surface area contributed by atoms with Gasteiger partial charge in [0.1, 0.15) is 12.5 Å². The van der Waals surface area contributed by atoms with Gasteiger partial charge in [0.25, 0.3) is 0 Å². The fourth-order valence-corrected chi connectivity index (χ4v) is 6.85. The molecule has 192 valence electrons. The van der Waals surface area contributed by atoms with Crippen LogP contribution in [0, 0.1) is 35.0 Å². The molecule has 39 heavy (non-hydrogen) atoms. The van der Waals surface area contributed by atoms with Crippen molar-refractivity contribution in [2.45, 2.75) is 5.41 Å². The summed E-state index contributed by atoms with van der Waals surface area (Å²) < 4.78 is 5.39. The van der Waals surface area contributed by atoms with Gasteiger partial charge in [-0.3, -0.25) is 19.3 Å². The lowest BCUT2D eigenvalue weighted by atomic mass is 9.62. The van der Waals surface area contributed by atoms with Crippen molar-refractivity contribution in [1.82, 2.24) is 4.98 Å². The summed E-state index contributed by atoms with van der Waals surface area (Å²) in [7, 11) is 1.48. The molecule has 5 atom stereocenters. The number of pyridine rings is 1. The van der Waals surface area contributed by atoms with E-state index < -0.39 is 29.1 Å². The van der Waals surface area contributed by atoms with E-state index in [4.69, 9.17) is 4.74 Å². The van der Waals surface area contributed by atoms with Crippen molar-refractivity contribution >= 4 is 29.4 Å². The summed E-state index contributed by atoms with van der Waals surface area (Å²) in [4.78, 5) is 48.6. The van der Waals surface area contributed by atoms with E-state index in [1.165, 1.54) is 18.1 Å². The number of ketones is 2. The van der Waals surface area contributed by atoms with E-state index in [0.29, 0.717) is 16.9 Å². The van der Waals surface area contributed by atoms with Crippen LogP contribution >= 0.6 is 0 Å². The fourth-order valence-electron chi connectivity index (χ4n) is 6.85. The Morgan fingerprint density at radius 2 is 1.77 bits per heavy atom. The molecule has 3 aliphatic rings. The summed E-state index contributed by atoms with van der Waals surface area (Å²) in [5.41, 5.74) is 0.502. The molecule has 0 N–H and O–H groups in total. The van der Waals surface area contributed by atoms with E-state index in [2.05, 4.69) is 11.1 Å². The zero-order valence-electron chi connectivity index (χ0n) is 21.2. The van der Waals surface area contributed by atoms with Crippen LogP contribution in [0.1, 0.15) is 21.5 Å². The van der Waals surface area contributed by atoms with Gasteiger partial charge in [0, 0.05) is 47.8 Å². The number of nitriles is 1. The van der Waals surface area contributed by atoms with Crippen molar-refractivity contribution < 1.29 is 19.1 Å². The summed E-state index contributed by atoms with van der Waals surface area (Å²) in [6.07, 6.45) is 6.56. The first-order chi connectivity index (χ1) is 19.0. The van der Waals surface area contributed by atoms with Crippen LogP contribution in [0.4, 0.5) is 5.82 Å². The van der Waals surface area contributed by atoms with E-state index in [1.807, 2.05) is 36.4 Å². The first-order valence-electron chi connectivity index (χ1n) is 12.8. The molecular weight excluding hydrogens is 490 g/mol. The quantitative estimate of drug-likeness (QED) is 0.357. The van der Waals surface area contributed by atoms with Crippen LogP contribution in [0.3, 0.4) is 0 Å². The van der Waals surface area contributed by atoms with Gasteiger partial charge in [-0.2, -0.15) is 5.26 Å². The Kier molecular flexibility index (Phi) is 6.05. The van der Waals surface area contributed by atoms with Gasteiger partial charge in [-0.1, -0.05) is 72.8 Å². The average molecular weight is 516 g/mol. The van der Waals surface area contributed by atoms with Crippen LogP contribution in [-0.4, -0.2) is 36.3 Å². The molecular formula is C32H25N3O4. The highest BCUT2D eigenvalue weighted by atomic mass is 16.5. The molecule has 1 aromatic heterocycles. The Morgan fingerprint density at radius 3 is 2.46 bits per heavy atom. The molecule has 2 aromatic carbocycles. The summed E-state index contributed by atoms with van der Waals surface area (Å²) in [6, 6.07) is 24.0. The molecule has 0 saturated heterocycles. The first kappa shape index (κ1) is 24.7. The molecule has 7 nitrogen and oxygen atoms in total. The van der Waals surface area contributed by atoms with Crippen LogP contribution in [0.2, 0.25) is 0 Å². The van der Waals surface area contributed by atoms with E-state index in [1.54, 1.807) is 54.7 Å². The SMILES string of the molecule is COCN1C(=O)[C@@]2(c3cccnc31)[C@H](/C(C#N)=C/c1ccccc1)[C@H]1C(=O)C=C[C@H]1[C@@H]2C(=O)c1ccccc1. The van der Waals surface area contributed by atoms with Crippen molar-refractivity contribution in [2.75, 3.05) is 18.7 Å². The lowest BCUT2D eigenvalue weighted by Gasteiger charge is -2.36. The lowest BCUT2D eigenvalue weighted by Crippen LogP contribution is -2.51. The van der Waals surface area contributed by atoms with Crippen LogP contribution in [0.5, 0.6) is 0 Å². The van der Waals surface area contributed by atoms with Gasteiger partial charge in [0.2, 0.25) is 5.91 Å². The molecule has 0 bridgehead atoms. The third kappa shape index (κ3) is 3.53. The van der Waals surface area contributed by atoms with Crippen molar-refractivity contribution in [3.63, 3.8) is 0 Å². The first-order valence-corrected chi connectivity index (χ1v) is 12.8. The number of hydrogen-bond donors (Lipinski definition) is 0. The summed E-state index contributed by atoms with van der Waals surface area (Å²) in [5, 5.41) is 10.5. The van der Waals surface area contributed by atoms with E-state index >= 15 is 0 Å². The molecule has 3 aromatic rings. The van der Waals surface area contributed by atoms with Crippen molar-refractivity contribution in [3.05, 3.63) is 113 Å². The van der Waals surface area contributed by atoms with Crippen molar-refractivity contribution in [2.24, 2.45) is 23.7 Å². The van der Waals surface area contributed by atoms with Gasteiger partial charge in [-0.05, 0) is 29.7 Å². The smallest absolute Gasteiger partial charge is 0.242 e. The van der Waals surface area contributed by atoms with Crippen LogP contribution < -0.4 is 4.90 Å². The summed E-state index contributed by atoms with van der Waals surface area (Å²) >= 11 is 0. The summed E-state index contributed by atoms with van der Waals surface area (Å²) in [5.74, 6) is -3.57. The Hall–Kier alpha value is -4.67. The number of amides is 1. The van der Waals surface area contributed by atoms with Gasteiger partial charge >= 0.3 is 0 Å². The molecule has 2 heterocycles. The highest BCUT2D eigenvalue weighted by molar-refractivity contribution is 6.15. The number of Topliss-reactive ketones (excluding diaryl/α,β-unsaturated/α-hetero) is 1. The molecule has 2 aliphatic carbocycles. The predicted molar refractivity (Wildman–Crippen MR) is 144 cm³/mol. The van der Waals surface area contributed by atoms with Gasteiger partial charge < -0.3 is 4.74 Å². The molecule has 0 radical (unpaired) electrons. The van der Waals surface area contributed by atoms with Gasteiger partial charge in [0.15, 0.2) is 11.6 Å². The number of allylic oxidation sites excluding steroid dienone is 3. The standard InChI is InChI=1S/C32H25N3O4/c1-39-19-35-30-24(13-8-16-34-30)32(31(35)38)27(22(18-33)17-20-9-4-2-5-10-20)26-23(14-15-25(26)36)28(32)29(37)21-11-6-3-7-12-21/h2-17,23,26-28H,19H2,1H3/b22-17+/t23-,26-,27-,28-,32+/m1/s1. The third-order valence-electron chi connectivity index (χ3n) is 8.22. The van der Waals surface area contributed by atoms with Gasteiger partial charge in [-0.15, -0.1) is 0 Å². The minimum atomic E-state index is -1.53. The number of carbonyl (C=O) groups excluding carboxylic acids is 3. The van der Waals surface area contributed by atoms with Crippen LogP contribution in [0.25, 0.3) is 6.08 Å². The Balaban J connectivity index is 1.67. The Labute approximate surface area is 226 Å². The van der Waals surface area contributed by atoms with Gasteiger partial charge in [-0.25, -0.2) is 4.98 Å². The largest absolute Gasteiger partial charge is 0.364 e. The van der Waals surface area contributed by atoms with Crippen molar-refractivity contribution in [3.8, 4) is 6.07 Å². The minimum Gasteiger partial charge on any atom is -0.364 e. The zero-order chi connectivity index (χ0) is 27.1. The maximum Gasteiger partial charge on any atom is 0.242 e. The number of nitrogens with zero attached hydrogens (tertiary/aromatic N) is 3. The second kappa shape index (κ2) is 9.57. The second-order valence-corrected chi connectivity index (χ2v) is 10.1. The Morgan fingerprint density at radius 1 is 1.05 bits per heavy atom. The van der Waals surface area contributed by atoms with Crippen LogP contribution in [-0.2, 0) is 19.7 Å². The highest BCUT2D eigenvalue weighted by Gasteiger charge is 2.73. The predicted octanol–water partition coefficient (Wildman–Crippen LogP) is 4.38. The molecule has 7 heteroatoms. The number of aromatic nitrogens is 1. The number of carbonyl (C=O) groups is 3. The number of rotatable bonds is 6. The summed E-state index contributed by atoms with van der Waals surface area (Å²) in [6.45, 7) is -0.0764. The number of methoxy groups -OCH3 is 1. The highest BCUT2D eigenvalue weighted by Crippen LogP contribution is 2.65. The average Bonchev–Trinajstić information content (AvgIpc) is 3.57. The maximum atomic E-state index is 14.7. The Bertz CT molecular complexity index is 1570. The molecule has 6 rings (SSSR count). The number of ether oxygens (including phenoxy) is 1. The topological polar surface area (TPSA) is 100 Å². The van der Waals surface area contributed by atoms with E-state index in [9.17, 15) is 19.6 Å². The van der Waals surface area contributed by atoms with Crippen LogP contribution in [0.15, 0.2) is 96.7 Å². The number of anilines is 1. The van der Waals surface area contributed by atoms with Crippen molar-refractivity contribution in [1.29, 1.82) is 5.26 Å². The molecule has 1 aliphatic heterocycles. The van der Waals surface area contributed by atoms with E-state index in [-0.39, 0.29) is 29.8 Å². The maximum absolute atomic E-state index is 14.7. The molecule has 1 saturated carbocycles. The monoisotopic (exact) mass is 515 g/mol.